The lowest BCUT2D eigenvalue weighted by Crippen LogP contribution is -2.48. The van der Waals surface area contributed by atoms with Gasteiger partial charge in [-0.1, -0.05) is 36.4 Å². The number of hydrogen-bond donors (Lipinski definition) is 0. The minimum absolute atomic E-state index is 0.0459. The second-order valence-corrected chi connectivity index (χ2v) is 6.89. The lowest BCUT2D eigenvalue weighted by atomic mass is 10.2. The number of rotatable bonds is 5. The van der Waals surface area contributed by atoms with E-state index < -0.39 is 0 Å². The Balaban J connectivity index is 1.36. The van der Waals surface area contributed by atoms with Crippen LogP contribution in [-0.2, 0) is 6.54 Å². The highest BCUT2D eigenvalue weighted by Crippen LogP contribution is 2.22. The van der Waals surface area contributed by atoms with Crippen molar-refractivity contribution in [2.45, 2.75) is 6.54 Å². The number of benzene rings is 2. The Bertz CT molecular complexity index is 930. The number of methoxy groups -OCH3 is 1. The number of nitrogens with zero attached hydrogens (tertiary/aromatic N) is 4. The van der Waals surface area contributed by atoms with Gasteiger partial charge < -0.3 is 14.5 Å². The van der Waals surface area contributed by atoms with Crippen LogP contribution in [-0.4, -0.2) is 53.9 Å². The van der Waals surface area contributed by atoms with E-state index in [0.717, 1.165) is 30.1 Å². The molecule has 0 radical (unpaired) electrons. The molecule has 28 heavy (non-hydrogen) atoms. The van der Waals surface area contributed by atoms with Gasteiger partial charge in [-0.25, -0.2) is 0 Å². The van der Waals surface area contributed by atoms with Gasteiger partial charge in [0.25, 0.3) is 5.91 Å². The first kappa shape index (κ1) is 18.1. The number of amides is 1. The summed E-state index contributed by atoms with van der Waals surface area (Å²) in [5.74, 6) is 0.895. The Morgan fingerprint density at radius 1 is 1.04 bits per heavy atom. The number of carbonyl (C=O) groups is 1. The molecule has 1 fully saturated rings. The summed E-state index contributed by atoms with van der Waals surface area (Å²) in [4.78, 5) is 17.0. The van der Waals surface area contributed by atoms with Gasteiger partial charge in [0.2, 0.25) is 0 Å². The highest BCUT2D eigenvalue weighted by Gasteiger charge is 2.23. The summed E-state index contributed by atoms with van der Waals surface area (Å²) in [6.07, 6.45) is 3.50. The zero-order valence-electron chi connectivity index (χ0n) is 16.0. The minimum atomic E-state index is 0.0459. The first-order valence-corrected chi connectivity index (χ1v) is 9.47. The largest absolute Gasteiger partial charge is 0.497 e. The van der Waals surface area contributed by atoms with Crippen molar-refractivity contribution in [3.63, 3.8) is 0 Å². The second kappa shape index (κ2) is 8.17. The van der Waals surface area contributed by atoms with Crippen LogP contribution in [0.25, 0.3) is 0 Å². The summed E-state index contributed by atoms with van der Waals surface area (Å²) >= 11 is 0. The van der Waals surface area contributed by atoms with Crippen LogP contribution < -0.4 is 9.64 Å². The van der Waals surface area contributed by atoms with Gasteiger partial charge in [0.1, 0.15) is 5.75 Å². The molecule has 0 saturated carbocycles. The van der Waals surface area contributed by atoms with E-state index in [9.17, 15) is 4.79 Å². The van der Waals surface area contributed by atoms with E-state index in [0.29, 0.717) is 25.2 Å². The Kier molecular flexibility index (Phi) is 5.28. The van der Waals surface area contributed by atoms with Crippen LogP contribution in [0.3, 0.4) is 0 Å². The van der Waals surface area contributed by atoms with Gasteiger partial charge in [-0.05, 0) is 17.7 Å². The SMILES string of the molecule is COc1cccc(N2CCN(C(=O)c3cnn(Cc4ccccc4)c3)CC2)c1. The molecule has 0 spiro atoms. The normalized spacial score (nSPS) is 14.2. The molecule has 1 aromatic heterocycles. The van der Waals surface area contributed by atoms with E-state index >= 15 is 0 Å². The predicted molar refractivity (Wildman–Crippen MR) is 109 cm³/mol. The van der Waals surface area contributed by atoms with Crippen molar-refractivity contribution in [1.29, 1.82) is 0 Å². The number of hydrogen-bond acceptors (Lipinski definition) is 4. The summed E-state index contributed by atoms with van der Waals surface area (Å²) in [6.45, 7) is 3.66. The van der Waals surface area contributed by atoms with E-state index in [1.165, 1.54) is 0 Å². The number of piperazine rings is 1. The maximum atomic E-state index is 12.8. The highest BCUT2D eigenvalue weighted by molar-refractivity contribution is 5.93. The van der Waals surface area contributed by atoms with Gasteiger partial charge in [0.05, 0.1) is 25.4 Å². The molecule has 2 aromatic carbocycles. The summed E-state index contributed by atoms with van der Waals surface area (Å²) < 4.78 is 7.12. The molecule has 4 rings (SSSR count). The first-order valence-electron chi connectivity index (χ1n) is 9.47. The van der Waals surface area contributed by atoms with Crippen LogP contribution in [0.4, 0.5) is 5.69 Å². The molecule has 6 heteroatoms. The molecular weight excluding hydrogens is 352 g/mol. The third kappa shape index (κ3) is 4.01. The Morgan fingerprint density at radius 2 is 1.82 bits per heavy atom. The van der Waals surface area contributed by atoms with Crippen LogP contribution >= 0.6 is 0 Å². The van der Waals surface area contributed by atoms with Gasteiger partial charge in [0, 0.05) is 44.1 Å². The summed E-state index contributed by atoms with van der Waals surface area (Å²) in [5, 5.41) is 4.35. The van der Waals surface area contributed by atoms with Crippen molar-refractivity contribution in [2.75, 3.05) is 38.2 Å². The fourth-order valence-electron chi connectivity index (χ4n) is 3.49. The summed E-state index contributed by atoms with van der Waals surface area (Å²) in [6, 6.07) is 18.2. The molecule has 144 valence electrons. The van der Waals surface area contributed by atoms with Crippen molar-refractivity contribution in [2.24, 2.45) is 0 Å². The summed E-state index contributed by atoms with van der Waals surface area (Å²) in [5.41, 5.74) is 2.93. The molecule has 1 saturated heterocycles. The molecule has 3 aromatic rings. The zero-order chi connectivity index (χ0) is 19.3. The van der Waals surface area contributed by atoms with E-state index in [4.69, 9.17) is 4.74 Å². The molecule has 0 bridgehead atoms. The Hall–Kier alpha value is -3.28. The van der Waals surface area contributed by atoms with Crippen molar-refractivity contribution >= 4 is 11.6 Å². The van der Waals surface area contributed by atoms with Gasteiger partial charge in [-0.3, -0.25) is 9.48 Å². The molecule has 1 amide bonds. The van der Waals surface area contributed by atoms with Gasteiger partial charge in [-0.2, -0.15) is 5.10 Å². The van der Waals surface area contributed by atoms with Crippen LogP contribution in [0.15, 0.2) is 67.0 Å². The van der Waals surface area contributed by atoms with Crippen molar-refractivity contribution < 1.29 is 9.53 Å². The topological polar surface area (TPSA) is 50.6 Å². The summed E-state index contributed by atoms with van der Waals surface area (Å²) in [7, 11) is 1.67. The number of anilines is 1. The van der Waals surface area contributed by atoms with Crippen molar-refractivity contribution in [1.82, 2.24) is 14.7 Å². The molecule has 1 aliphatic rings. The molecule has 0 atom stereocenters. The quantitative estimate of drug-likeness (QED) is 0.687. The third-order valence-electron chi connectivity index (χ3n) is 5.05. The maximum Gasteiger partial charge on any atom is 0.257 e. The van der Waals surface area contributed by atoms with Crippen molar-refractivity contribution in [3.8, 4) is 5.75 Å². The lowest BCUT2D eigenvalue weighted by Gasteiger charge is -2.36. The molecule has 2 heterocycles. The van der Waals surface area contributed by atoms with Gasteiger partial charge >= 0.3 is 0 Å². The Labute approximate surface area is 164 Å². The van der Waals surface area contributed by atoms with Gasteiger partial charge in [-0.15, -0.1) is 0 Å². The molecule has 6 nitrogen and oxygen atoms in total. The molecule has 0 aliphatic carbocycles. The minimum Gasteiger partial charge on any atom is -0.497 e. The van der Waals surface area contributed by atoms with E-state index in [1.54, 1.807) is 13.3 Å². The average molecular weight is 376 g/mol. The van der Waals surface area contributed by atoms with Gasteiger partial charge in [0.15, 0.2) is 0 Å². The smallest absolute Gasteiger partial charge is 0.257 e. The molecule has 1 aliphatic heterocycles. The second-order valence-electron chi connectivity index (χ2n) is 6.89. The molecule has 0 unspecified atom stereocenters. The van der Waals surface area contributed by atoms with Crippen LogP contribution in [0.2, 0.25) is 0 Å². The number of aromatic nitrogens is 2. The number of carbonyl (C=O) groups excluding carboxylic acids is 1. The molecular formula is C22H24N4O2. The fourth-order valence-corrected chi connectivity index (χ4v) is 3.49. The first-order chi connectivity index (χ1) is 13.7. The van der Waals surface area contributed by atoms with E-state index in [-0.39, 0.29) is 5.91 Å². The standard InChI is InChI=1S/C22H24N4O2/c1-28-21-9-5-8-20(14-21)24-10-12-25(13-11-24)22(27)19-15-23-26(17-19)16-18-6-3-2-4-7-18/h2-9,14-15,17H,10-13,16H2,1H3. The average Bonchev–Trinajstić information content (AvgIpc) is 3.22. The van der Waals surface area contributed by atoms with Crippen LogP contribution in [0, 0.1) is 0 Å². The maximum absolute atomic E-state index is 12.8. The third-order valence-corrected chi connectivity index (χ3v) is 5.05. The number of ether oxygens (including phenoxy) is 1. The van der Waals surface area contributed by atoms with E-state index in [2.05, 4.69) is 28.2 Å². The van der Waals surface area contributed by atoms with Crippen LogP contribution in [0.1, 0.15) is 15.9 Å². The van der Waals surface area contributed by atoms with Crippen LogP contribution in [0.5, 0.6) is 5.75 Å². The molecule has 0 N–H and O–H groups in total. The highest BCUT2D eigenvalue weighted by atomic mass is 16.5. The van der Waals surface area contributed by atoms with E-state index in [1.807, 2.05) is 52.2 Å². The Morgan fingerprint density at radius 3 is 2.57 bits per heavy atom. The zero-order valence-corrected chi connectivity index (χ0v) is 16.0. The monoisotopic (exact) mass is 376 g/mol. The van der Waals surface area contributed by atoms with Crippen molar-refractivity contribution in [3.05, 3.63) is 78.1 Å². The predicted octanol–water partition coefficient (Wildman–Crippen LogP) is 2.90. The fraction of sp³-hybridized carbons (Fsp3) is 0.273. The lowest BCUT2D eigenvalue weighted by molar-refractivity contribution is 0.0746.